The third-order valence-corrected chi connectivity index (χ3v) is 4.91. The average molecular weight is 418 g/mol. The van der Waals surface area contributed by atoms with Gasteiger partial charge in [0.1, 0.15) is 10.8 Å². The number of ether oxygens (including phenoxy) is 1. The van der Waals surface area contributed by atoms with Crippen LogP contribution in [0.4, 0.5) is 0 Å². The summed E-state index contributed by atoms with van der Waals surface area (Å²) in [6, 6.07) is 8.59. The Balaban J connectivity index is 0.00000243. The monoisotopic (exact) mass is 416 g/mol. The fourth-order valence-electron chi connectivity index (χ4n) is 2.72. The Morgan fingerprint density at radius 3 is 2.77 bits per heavy atom. The van der Waals surface area contributed by atoms with Gasteiger partial charge in [0, 0.05) is 25.2 Å². The summed E-state index contributed by atoms with van der Waals surface area (Å²) in [5.41, 5.74) is 0.293. The van der Waals surface area contributed by atoms with E-state index in [2.05, 4.69) is 15.5 Å². The van der Waals surface area contributed by atoms with Crippen LogP contribution in [0.2, 0.25) is 10.0 Å². The van der Waals surface area contributed by atoms with Crippen molar-refractivity contribution < 1.29 is 9.53 Å². The first-order valence-electron chi connectivity index (χ1n) is 8.00. The van der Waals surface area contributed by atoms with Crippen molar-refractivity contribution in [1.82, 2.24) is 20.4 Å². The second kappa shape index (κ2) is 9.37. The Kier molecular flexibility index (Phi) is 7.46. The van der Waals surface area contributed by atoms with E-state index in [1.54, 1.807) is 35.2 Å². The summed E-state index contributed by atoms with van der Waals surface area (Å²) < 4.78 is 5.58. The average Bonchev–Trinajstić information content (AvgIpc) is 2.65. The predicted octanol–water partition coefficient (Wildman–Crippen LogP) is 3.82. The van der Waals surface area contributed by atoms with E-state index in [1.807, 2.05) is 7.05 Å². The zero-order valence-corrected chi connectivity index (χ0v) is 16.4. The Labute approximate surface area is 168 Å². The number of halogens is 3. The molecule has 1 aliphatic rings. The van der Waals surface area contributed by atoms with Crippen molar-refractivity contribution in [1.29, 1.82) is 0 Å². The van der Waals surface area contributed by atoms with Gasteiger partial charge in [-0.3, -0.25) is 4.79 Å². The fraction of sp³-hybridized carbons (Fsp3) is 0.353. The summed E-state index contributed by atoms with van der Waals surface area (Å²) in [5.74, 6) is 0.502. The fourth-order valence-corrected chi connectivity index (χ4v) is 3.05. The lowest BCUT2D eigenvalue weighted by molar-refractivity contribution is 0.0691. The molecule has 3 rings (SSSR count). The number of carbonyl (C=O) groups is 1. The molecular weight excluding hydrogens is 399 g/mol. The van der Waals surface area contributed by atoms with E-state index in [4.69, 9.17) is 27.9 Å². The lowest BCUT2D eigenvalue weighted by Gasteiger charge is -2.32. The first-order valence-corrected chi connectivity index (χ1v) is 8.76. The molecule has 0 radical (unpaired) electrons. The number of rotatable bonds is 4. The van der Waals surface area contributed by atoms with Crippen molar-refractivity contribution in [3.63, 3.8) is 0 Å². The molecule has 6 nitrogen and oxygen atoms in total. The van der Waals surface area contributed by atoms with Gasteiger partial charge >= 0.3 is 0 Å². The molecule has 0 saturated carbocycles. The van der Waals surface area contributed by atoms with E-state index in [9.17, 15) is 4.79 Å². The van der Waals surface area contributed by atoms with E-state index in [1.165, 1.54) is 0 Å². The van der Waals surface area contributed by atoms with Gasteiger partial charge in [-0.2, -0.15) is 0 Å². The first-order chi connectivity index (χ1) is 12.1. The molecule has 1 fully saturated rings. The highest BCUT2D eigenvalue weighted by atomic mass is 35.5. The molecule has 2 aromatic rings. The molecule has 1 unspecified atom stereocenters. The van der Waals surface area contributed by atoms with Crippen molar-refractivity contribution in [2.75, 3.05) is 20.1 Å². The van der Waals surface area contributed by atoms with Gasteiger partial charge in [-0.1, -0.05) is 29.3 Å². The number of hydrogen-bond acceptors (Lipinski definition) is 5. The van der Waals surface area contributed by atoms with E-state index < -0.39 is 0 Å². The second-order valence-corrected chi connectivity index (χ2v) is 6.57. The third kappa shape index (κ3) is 4.76. The van der Waals surface area contributed by atoms with Crippen molar-refractivity contribution in [2.45, 2.75) is 18.9 Å². The number of carbonyl (C=O) groups excluding carboxylic acids is 1. The van der Waals surface area contributed by atoms with Crippen molar-refractivity contribution in [2.24, 2.45) is 0 Å². The number of benzene rings is 1. The Bertz CT molecular complexity index is 758. The number of likely N-dealkylation sites (N-methyl/N-ethyl adjacent to an activating group) is 1. The van der Waals surface area contributed by atoms with Gasteiger partial charge in [-0.15, -0.1) is 22.6 Å². The van der Waals surface area contributed by atoms with E-state index in [0.717, 1.165) is 19.4 Å². The topological polar surface area (TPSA) is 67.4 Å². The van der Waals surface area contributed by atoms with Gasteiger partial charge in [0.2, 0.25) is 5.88 Å². The predicted molar refractivity (Wildman–Crippen MR) is 104 cm³/mol. The standard InChI is InChI=1S/C17H18Cl2N4O2.ClH/c1-20-11-4-3-9-23(10-11)17(24)13-7-8-15(22-21-13)25-14-6-2-5-12(18)16(14)19;/h2,5-8,11,20H,3-4,9-10H2,1H3;1H. The summed E-state index contributed by atoms with van der Waals surface area (Å²) in [6.45, 7) is 1.41. The van der Waals surface area contributed by atoms with Crippen LogP contribution in [0.25, 0.3) is 0 Å². The SMILES string of the molecule is CNC1CCCN(C(=O)c2ccc(Oc3cccc(Cl)c3Cl)nn2)C1.Cl. The maximum absolute atomic E-state index is 12.5. The van der Waals surface area contributed by atoms with Crippen LogP contribution in [0.1, 0.15) is 23.3 Å². The number of hydrogen-bond donors (Lipinski definition) is 1. The molecule has 2 heterocycles. The molecule has 26 heavy (non-hydrogen) atoms. The van der Waals surface area contributed by atoms with Crippen LogP contribution >= 0.6 is 35.6 Å². The number of nitrogens with zero attached hydrogens (tertiary/aromatic N) is 3. The molecule has 1 aromatic carbocycles. The molecule has 1 aliphatic heterocycles. The summed E-state index contributed by atoms with van der Waals surface area (Å²) in [6.07, 6.45) is 2.04. The summed E-state index contributed by atoms with van der Waals surface area (Å²) in [5, 5.41) is 11.9. The summed E-state index contributed by atoms with van der Waals surface area (Å²) >= 11 is 12.0. The number of piperidine rings is 1. The highest BCUT2D eigenvalue weighted by Gasteiger charge is 2.24. The quantitative estimate of drug-likeness (QED) is 0.819. The van der Waals surface area contributed by atoms with E-state index in [0.29, 0.717) is 34.1 Å². The zero-order valence-electron chi connectivity index (χ0n) is 14.1. The number of amides is 1. The number of aromatic nitrogens is 2. The van der Waals surface area contributed by atoms with Gasteiger partial charge in [-0.05, 0) is 38.1 Å². The zero-order chi connectivity index (χ0) is 17.8. The van der Waals surface area contributed by atoms with Crippen LogP contribution < -0.4 is 10.1 Å². The maximum Gasteiger partial charge on any atom is 0.274 e. The normalized spacial score (nSPS) is 16.7. The van der Waals surface area contributed by atoms with Crippen LogP contribution in [0.5, 0.6) is 11.6 Å². The third-order valence-electron chi connectivity index (χ3n) is 4.11. The molecule has 140 valence electrons. The van der Waals surface area contributed by atoms with Gasteiger partial charge in [0.05, 0.1) is 5.02 Å². The van der Waals surface area contributed by atoms with Gasteiger partial charge < -0.3 is 15.0 Å². The Hall–Kier alpha value is -1.60. The van der Waals surface area contributed by atoms with Crippen LogP contribution in [-0.2, 0) is 0 Å². The van der Waals surface area contributed by atoms with Crippen molar-refractivity contribution in [3.05, 3.63) is 46.1 Å². The second-order valence-electron chi connectivity index (χ2n) is 5.79. The number of likely N-dealkylation sites (tertiary alicyclic amines) is 1. The molecular formula is C17H19Cl3N4O2. The molecule has 1 atom stereocenters. The molecule has 1 aromatic heterocycles. The summed E-state index contributed by atoms with van der Waals surface area (Å²) in [7, 11) is 1.91. The summed E-state index contributed by atoms with van der Waals surface area (Å²) in [4.78, 5) is 14.3. The Morgan fingerprint density at radius 1 is 1.27 bits per heavy atom. The minimum absolute atomic E-state index is 0. The Morgan fingerprint density at radius 2 is 2.08 bits per heavy atom. The number of nitrogens with one attached hydrogen (secondary N) is 1. The van der Waals surface area contributed by atoms with Crippen molar-refractivity contribution >= 4 is 41.5 Å². The van der Waals surface area contributed by atoms with Crippen LogP contribution in [-0.4, -0.2) is 47.2 Å². The van der Waals surface area contributed by atoms with E-state index in [-0.39, 0.29) is 24.2 Å². The maximum atomic E-state index is 12.5. The van der Waals surface area contributed by atoms with Gasteiger partial charge in [0.15, 0.2) is 5.69 Å². The molecule has 1 saturated heterocycles. The molecule has 1 amide bonds. The molecule has 1 N–H and O–H groups in total. The largest absolute Gasteiger partial charge is 0.436 e. The molecule has 0 spiro atoms. The highest BCUT2D eigenvalue weighted by Crippen LogP contribution is 2.33. The van der Waals surface area contributed by atoms with Gasteiger partial charge in [-0.25, -0.2) is 0 Å². The van der Waals surface area contributed by atoms with Crippen LogP contribution in [0.15, 0.2) is 30.3 Å². The lowest BCUT2D eigenvalue weighted by Crippen LogP contribution is -2.47. The molecule has 0 bridgehead atoms. The van der Waals surface area contributed by atoms with Crippen LogP contribution in [0.3, 0.4) is 0 Å². The lowest BCUT2D eigenvalue weighted by atomic mass is 10.1. The first kappa shape index (κ1) is 20.7. The smallest absolute Gasteiger partial charge is 0.274 e. The minimum Gasteiger partial charge on any atom is -0.436 e. The van der Waals surface area contributed by atoms with Gasteiger partial charge in [0.25, 0.3) is 5.91 Å². The minimum atomic E-state index is -0.125. The van der Waals surface area contributed by atoms with Crippen LogP contribution in [0, 0.1) is 0 Å². The molecule has 9 heteroatoms. The van der Waals surface area contributed by atoms with E-state index >= 15 is 0 Å². The molecule has 0 aliphatic carbocycles. The van der Waals surface area contributed by atoms with Crippen molar-refractivity contribution in [3.8, 4) is 11.6 Å². The highest BCUT2D eigenvalue weighted by molar-refractivity contribution is 6.42.